The van der Waals surface area contributed by atoms with Crippen molar-refractivity contribution in [3.05, 3.63) is 106 Å². The second-order valence-electron chi connectivity index (χ2n) is 8.33. The highest BCUT2D eigenvalue weighted by Gasteiger charge is 2.44. The largest absolute Gasteiger partial charge is 0.269 e. The van der Waals surface area contributed by atoms with E-state index in [0.717, 1.165) is 11.1 Å². The lowest BCUT2D eigenvalue weighted by molar-refractivity contribution is 0.0516. The third-order valence-electron chi connectivity index (χ3n) is 6.67. The van der Waals surface area contributed by atoms with Crippen molar-refractivity contribution in [2.24, 2.45) is 0 Å². The topological polar surface area (TPSA) is 74.8 Å². The van der Waals surface area contributed by atoms with Crippen LogP contribution in [0.2, 0.25) is 0 Å². The molecule has 32 heavy (non-hydrogen) atoms. The molecule has 2 bridgehead atoms. The molecule has 6 nitrogen and oxygen atoms in total. The Labute approximate surface area is 184 Å². The van der Waals surface area contributed by atoms with Gasteiger partial charge in [0.2, 0.25) is 0 Å². The number of nitrogens with zero attached hydrogens (tertiary/aromatic N) is 2. The maximum atomic E-state index is 13.1. The van der Waals surface area contributed by atoms with E-state index in [-0.39, 0.29) is 23.6 Å². The van der Waals surface area contributed by atoms with Crippen LogP contribution in [0.15, 0.2) is 72.8 Å². The number of amides is 4. The molecule has 2 atom stereocenters. The highest BCUT2D eigenvalue weighted by molar-refractivity contribution is 6.22. The van der Waals surface area contributed by atoms with Gasteiger partial charge in [0, 0.05) is 0 Å². The summed E-state index contributed by atoms with van der Waals surface area (Å²) >= 11 is 0. The number of fused-ring (bicyclic) bond motifs is 4. The van der Waals surface area contributed by atoms with Crippen molar-refractivity contribution < 1.29 is 19.2 Å². The predicted octanol–water partition coefficient (Wildman–Crippen LogP) is 4.16. The number of hydrogen-bond acceptors (Lipinski definition) is 4. The summed E-state index contributed by atoms with van der Waals surface area (Å²) in [5.41, 5.74) is 3.31. The van der Waals surface area contributed by atoms with Crippen LogP contribution >= 0.6 is 0 Å². The first-order valence-corrected chi connectivity index (χ1v) is 10.6. The van der Waals surface area contributed by atoms with E-state index in [0.29, 0.717) is 35.1 Å². The van der Waals surface area contributed by atoms with Crippen LogP contribution < -0.4 is 0 Å². The second kappa shape index (κ2) is 6.72. The van der Waals surface area contributed by atoms with Crippen LogP contribution in [0, 0.1) is 0 Å². The molecule has 3 aliphatic rings. The smallest absolute Gasteiger partial charge is 0.262 e. The highest BCUT2D eigenvalue weighted by Crippen LogP contribution is 2.42. The lowest BCUT2D eigenvalue weighted by Crippen LogP contribution is -2.35. The van der Waals surface area contributed by atoms with Crippen molar-refractivity contribution in [3.63, 3.8) is 0 Å². The van der Waals surface area contributed by atoms with Crippen molar-refractivity contribution in [2.45, 2.75) is 24.9 Å². The maximum absolute atomic E-state index is 13.1. The first kappa shape index (κ1) is 18.7. The van der Waals surface area contributed by atoms with E-state index in [1.54, 1.807) is 48.5 Å². The molecule has 2 aliphatic heterocycles. The van der Waals surface area contributed by atoms with Crippen molar-refractivity contribution in [3.8, 4) is 0 Å². The van der Waals surface area contributed by atoms with Crippen molar-refractivity contribution in [1.82, 2.24) is 9.80 Å². The molecule has 0 saturated carbocycles. The molecule has 2 unspecified atom stereocenters. The fourth-order valence-electron chi connectivity index (χ4n) is 5.16. The van der Waals surface area contributed by atoms with E-state index in [9.17, 15) is 19.2 Å². The van der Waals surface area contributed by atoms with Crippen LogP contribution in [-0.4, -0.2) is 33.4 Å². The summed E-state index contributed by atoms with van der Waals surface area (Å²) in [5.74, 6) is -1.22. The molecule has 4 amide bonds. The van der Waals surface area contributed by atoms with E-state index in [4.69, 9.17) is 0 Å². The average molecular weight is 422 g/mol. The van der Waals surface area contributed by atoms with E-state index in [1.807, 2.05) is 24.3 Å². The fraction of sp³-hybridized carbons (Fsp3) is 0.154. The lowest BCUT2D eigenvalue weighted by Gasteiger charge is -2.27. The third kappa shape index (κ3) is 2.46. The Kier molecular flexibility index (Phi) is 3.92. The third-order valence-corrected chi connectivity index (χ3v) is 6.67. The molecule has 0 saturated heterocycles. The Balaban J connectivity index is 1.37. The molecule has 0 aromatic heterocycles. The summed E-state index contributed by atoms with van der Waals surface area (Å²) < 4.78 is 0. The molecule has 6 heteroatoms. The molecule has 0 N–H and O–H groups in total. The Hall–Kier alpha value is -4.06. The van der Waals surface area contributed by atoms with Gasteiger partial charge in [-0.3, -0.25) is 29.0 Å². The SMILES string of the molecule is O=C1c2ccccc2C(=O)N1C1CCC(N2C(=O)c3ccccc3C2=O)c2cccc1c2. The van der Waals surface area contributed by atoms with Crippen LogP contribution in [0.25, 0.3) is 0 Å². The van der Waals surface area contributed by atoms with Gasteiger partial charge in [-0.1, -0.05) is 48.5 Å². The van der Waals surface area contributed by atoms with Gasteiger partial charge < -0.3 is 0 Å². The first-order valence-electron chi connectivity index (χ1n) is 10.6. The van der Waals surface area contributed by atoms with E-state index in [2.05, 4.69) is 0 Å². The van der Waals surface area contributed by atoms with Gasteiger partial charge in [0.1, 0.15) is 0 Å². The van der Waals surface area contributed by atoms with Crippen LogP contribution in [-0.2, 0) is 0 Å². The van der Waals surface area contributed by atoms with E-state index in [1.165, 1.54) is 9.80 Å². The number of carbonyl (C=O) groups excluding carboxylic acids is 4. The highest BCUT2D eigenvalue weighted by atomic mass is 16.2. The van der Waals surface area contributed by atoms with Crippen LogP contribution in [0.3, 0.4) is 0 Å². The minimum Gasteiger partial charge on any atom is -0.269 e. The number of carbonyl (C=O) groups is 4. The minimum atomic E-state index is -0.456. The number of rotatable bonds is 2. The Morgan fingerprint density at radius 3 is 1.19 bits per heavy atom. The summed E-state index contributed by atoms with van der Waals surface area (Å²) in [5, 5.41) is 0. The minimum absolute atomic E-state index is 0.305. The molecular formula is C26H18N2O4. The van der Waals surface area contributed by atoms with Gasteiger partial charge in [-0.25, -0.2) is 0 Å². The van der Waals surface area contributed by atoms with Gasteiger partial charge in [0.15, 0.2) is 0 Å². The molecular weight excluding hydrogens is 404 g/mol. The van der Waals surface area contributed by atoms with Gasteiger partial charge in [0.05, 0.1) is 34.3 Å². The van der Waals surface area contributed by atoms with E-state index >= 15 is 0 Å². The average Bonchev–Trinajstić information content (AvgIpc) is 3.17. The predicted molar refractivity (Wildman–Crippen MR) is 115 cm³/mol. The fourth-order valence-corrected chi connectivity index (χ4v) is 5.16. The monoisotopic (exact) mass is 422 g/mol. The van der Waals surface area contributed by atoms with Crippen molar-refractivity contribution in [1.29, 1.82) is 0 Å². The van der Waals surface area contributed by atoms with Crippen LogP contribution in [0.4, 0.5) is 0 Å². The number of imide groups is 2. The van der Waals surface area contributed by atoms with Crippen LogP contribution in [0.1, 0.15) is 77.5 Å². The summed E-state index contributed by atoms with van der Waals surface area (Å²) in [6.45, 7) is 0. The van der Waals surface area contributed by atoms with E-state index < -0.39 is 12.1 Å². The Morgan fingerprint density at radius 1 is 0.500 bits per heavy atom. The molecule has 3 aromatic carbocycles. The zero-order valence-electron chi connectivity index (χ0n) is 17.0. The van der Waals surface area contributed by atoms with Crippen molar-refractivity contribution >= 4 is 23.6 Å². The standard InChI is InChI=1S/C26H18N2O4/c29-23-17-8-1-2-9-18(17)24(30)27(23)21-12-13-22(16-7-5-6-15(21)14-16)28-25(31)19-10-3-4-11-20(19)26(28)32/h1-11,14,21-22H,12-13H2. The summed E-state index contributed by atoms with van der Waals surface area (Å²) in [7, 11) is 0. The molecule has 2 heterocycles. The molecule has 1 aliphatic carbocycles. The molecule has 156 valence electrons. The van der Waals surface area contributed by atoms with Crippen molar-refractivity contribution in [2.75, 3.05) is 0 Å². The molecule has 0 fully saturated rings. The molecule has 0 radical (unpaired) electrons. The molecule has 6 rings (SSSR count). The quantitative estimate of drug-likeness (QED) is 0.582. The normalized spacial score (nSPS) is 21.6. The summed E-state index contributed by atoms with van der Waals surface area (Å²) in [6, 6.07) is 20.3. The summed E-state index contributed by atoms with van der Waals surface area (Å²) in [6.07, 6.45) is 0.911. The number of benzene rings is 3. The number of hydrogen-bond donors (Lipinski definition) is 0. The lowest BCUT2D eigenvalue weighted by atomic mass is 10.0. The van der Waals surface area contributed by atoms with Crippen LogP contribution in [0.5, 0.6) is 0 Å². The van der Waals surface area contributed by atoms with Gasteiger partial charge in [-0.2, -0.15) is 0 Å². The molecule has 0 spiro atoms. The first-order chi connectivity index (χ1) is 15.6. The second-order valence-corrected chi connectivity index (χ2v) is 8.33. The van der Waals surface area contributed by atoms with Gasteiger partial charge in [-0.05, 0) is 48.2 Å². The summed E-state index contributed by atoms with van der Waals surface area (Å²) in [4.78, 5) is 55.0. The van der Waals surface area contributed by atoms with Gasteiger partial charge in [0.25, 0.3) is 23.6 Å². The maximum Gasteiger partial charge on any atom is 0.262 e. The van der Waals surface area contributed by atoms with Gasteiger partial charge >= 0.3 is 0 Å². The Morgan fingerprint density at radius 2 is 0.844 bits per heavy atom. The zero-order chi connectivity index (χ0) is 22.0. The van der Waals surface area contributed by atoms with Gasteiger partial charge in [-0.15, -0.1) is 0 Å². The Bertz CT molecular complexity index is 1180. The zero-order valence-corrected chi connectivity index (χ0v) is 17.0. The molecule has 3 aromatic rings.